The first kappa shape index (κ1) is 14.3. The first-order valence-electron chi connectivity index (χ1n) is 6.66. The lowest BCUT2D eigenvalue weighted by Gasteiger charge is -2.36. The summed E-state index contributed by atoms with van der Waals surface area (Å²) in [5.74, 6) is 0. The highest BCUT2D eigenvalue weighted by Gasteiger charge is 2.47. The number of hydrogen-bond acceptors (Lipinski definition) is 4. The van der Waals surface area contributed by atoms with Gasteiger partial charge in [0.1, 0.15) is 0 Å². The van der Waals surface area contributed by atoms with Crippen molar-refractivity contribution in [1.82, 2.24) is 4.31 Å². The molecule has 3 N–H and O–H groups in total. The van der Waals surface area contributed by atoms with E-state index in [1.807, 2.05) is 0 Å². The Labute approximate surface area is 126 Å². The van der Waals surface area contributed by atoms with Crippen LogP contribution < -0.4 is 5.73 Å². The normalized spacial score (nSPS) is 30.6. The van der Waals surface area contributed by atoms with Crippen molar-refractivity contribution in [2.45, 2.75) is 48.8 Å². The number of nitrogens with two attached hydrogens (primary N) is 1. The lowest BCUT2D eigenvalue weighted by molar-refractivity contribution is 0.0768. The van der Waals surface area contributed by atoms with E-state index in [1.165, 1.54) is 6.07 Å². The number of piperidine rings is 1. The number of hydrogen-bond donors (Lipinski definition) is 2. The van der Waals surface area contributed by atoms with Crippen molar-refractivity contribution in [1.29, 1.82) is 0 Å². The molecule has 2 aliphatic rings. The number of nitrogens with zero attached hydrogens (tertiary/aromatic N) is 1. The summed E-state index contributed by atoms with van der Waals surface area (Å²) >= 11 is 3.29. The number of aliphatic hydroxyl groups is 1. The molecule has 2 saturated heterocycles. The van der Waals surface area contributed by atoms with E-state index in [0.717, 1.165) is 12.8 Å². The van der Waals surface area contributed by atoms with E-state index in [0.29, 0.717) is 23.0 Å². The van der Waals surface area contributed by atoms with Gasteiger partial charge < -0.3 is 10.8 Å². The van der Waals surface area contributed by atoms with Crippen LogP contribution in [0.2, 0.25) is 0 Å². The van der Waals surface area contributed by atoms with Gasteiger partial charge in [-0.15, -0.1) is 0 Å². The zero-order valence-corrected chi connectivity index (χ0v) is 13.3. The fourth-order valence-electron chi connectivity index (χ4n) is 3.33. The highest BCUT2D eigenvalue weighted by atomic mass is 79.9. The van der Waals surface area contributed by atoms with Crippen LogP contribution >= 0.6 is 15.9 Å². The third-order valence-electron chi connectivity index (χ3n) is 4.15. The van der Waals surface area contributed by atoms with Crippen LogP contribution in [0.15, 0.2) is 27.6 Å². The maximum absolute atomic E-state index is 12.9. The van der Waals surface area contributed by atoms with Gasteiger partial charge in [0.2, 0.25) is 10.0 Å². The molecule has 0 aliphatic carbocycles. The molecule has 2 bridgehead atoms. The number of anilines is 1. The molecule has 0 radical (unpaired) electrons. The molecule has 0 spiro atoms. The van der Waals surface area contributed by atoms with E-state index in [4.69, 9.17) is 5.73 Å². The molecule has 2 fully saturated rings. The Balaban J connectivity index is 2.03. The Kier molecular flexibility index (Phi) is 3.56. The quantitative estimate of drug-likeness (QED) is 0.786. The van der Waals surface area contributed by atoms with Gasteiger partial charge in [0.15, 0.2) is 0 Å². The SMILES string of the molecule is Nc1ccc(Br)c(S(=O)(=O)N2C3CCC2CC(O)C3)c1. The monoisotopic (exact) mass is 360 g/mol. The minimum atomic E-state index is -3.58. The number of fused-ring (bicyclic) bond motifs is 2. The molecule has 2 unspecified atom stereocenters. The summed E-state index contributed by atoms with van der Waals surface area (Å²) in [5.41, 5.74) is 6.14. The first-order valence-corrected chi connectivity index (χ1v) is 8.89. The zero-order valence-electron chi connectivity index (χ0n) is 10.9. The Morgan fingerprint density at radius 3 is 2.45 bits per heavy atom. The summed E-state index contributed by atoms with van der Waals surface area (Å²) in [6.45, 7) is 0. The summed E-state index contributed by atoms with van der Waals surface area (Å²) in [6.07, 6.45) is 2.30. The van der Waals surface area contributed by atoms with Gasteiger partial charge in [0.25, 0.3) is 0 Å². The van der Waals surface area contributed by atoms with Crippen molar-refractivity contribution in [2.24, 2.45) is 0 Å². The predicted molar refractivity (Wildman–Crippen MR) is 79.6 cm³/mol. The molecule has 1 aromatic carbocycles. The van der Waals surface area contributed by atoms with Gasteiger partial charge in [-0.2, -0.15) is 4.31 Å². The summed E-state index contributed by atoms with van der Waals surface area (Å²) < 4.78 is 27.9. The molecule has 7 heteroatoms. The number of benzene rings is 1. The average Bonchev–Trinajstić information content (AvgIpc) is 2.66. The maximum Gasteiger partial charge on any atom is 0.244 e. The lowest BCUT2D eigenvalue weighted by Crippen LogP contribution is -2.47. The smallest absolute Gasteiger partial charge is 0.244 e. The zero-order chi connectivity index (χ0) is 14.5. The molecule has 3 rings (SSSR count). The van der Waals surface area contributed by atoms with Crippen molar-refractivity contribution in [3.05, 3.63) is 22.7 Å². The van der Waals surface area contributed by atoms with Gasteiger partial charge in [-0.1, -0.05) is 0 Å². The van der Waals surface area contributed by atoms with Crippen LogP contribution in [0, 0.1) is 0 Å². The minimum absolute atomic E-state index is 0.0953. The highest BCUT2D eigenvalue weighted by Crippen LogP contribution is 2.41. The molecule has 2 aliphatic heterocycles. The number of nitrogen functional groups attached to an aromatic ring is 1. The number of rotatable bonds is 2. The van der Waals surface area contributed by atoms with Crippen LogP contribution in [-0.2, 0) is 10.0 Å². The summed E-state index contributed by atoms with van der Waals surface area (Å²) in [6, 6.07) is 4.62. The van der Waals surface area contributed by atoms with Crippen LogP contribution in [0.5, 0.6) is 0 Å². The second kappa shape index (κ2) is 4.98. The molecule has 20 heavy (non-hydrogen) atoms. The summed E-state index contributed by atoms with van der Waals surface area (Å²) in [4.78, 5) is 0.214. The molecular formula is C13H17BrN2O3S. The Hall–Kier alpha value is -0.630. The standard InChI is InChI=1S/C13H17BrN2O3S/c14-12-4-1-8(15)5-13(12)20(18,19)16-9-2-3-10(16)7-11(17)6-9/h1,4-5,9-11,17H,2-3,6-7,15H2. The van der Waals surface area contributed by atoms with Gasteiger partial charge in [-0.25, -0.2) is 8.42 Å². The molecular weight excluding hydrogens is 344 g/mol. The fraction of sp³-hybridized carbons (Fsp3) is 0.538. The summed E-state index contributed by atoms with van der Waals surface area (Å²) in [7, 11) is -3.58. The second-order valence-corrected chi connectivity index (χ2v) is 8.20. The topological polar surface area (TPSA) is 83.6 Å². The molecule has 0 saturated carbocycles. The molecule has 0 aromatic heterocycles. The van der Waals surface area contributed by atoms with Crippen LogP contribution in [-0.4, -0.2) is 36.0 Å². The first-order chi connectivity index (χ1) is 9.39. The molecule has 110 valence electrons. The Morgan fingerprint density at radius 1 is 1.25 bits per heavy atom. The van der Waals surface area contributed by atoms with Gasteiger partial charge >= 0.3 is 0 Å². The Morgan fingerprint density at radius 2 is 1.85 bits per heavy atom. The maximum atomic E-state index is 12.9. The van der Waals surface area contributed by atoms with E-state index in [9.17, 15) is 13.5 Å². The van der Waals surface area contributed by atoms with E-state index in [-0.39, 0.29) is 23.1 Å². The predicted octanol–water partition coefficient (Wildman–Crippen LogP) is 1.71. The number of halogens is 1. The van der Waals surface area contributed by atoms with E-state index in [1.54, 1.807) is 16.4 Å². The van der Waals surface area contributed by atoms with Gasteiger partial charge in [0, 0.05) is 22.2 Å². The molecule has 2 heterocycles. The minimum Gasteiger partial charge on any atom is -0.399 e. The van der Waals surface area contributed by atoms with Crippen LogP contribution in [0.25, 0.3) is 0 Å². The third kappa shape index (κ3) is 2.26. The van der Waals surface area contributed by atoms with Gasteiger partial charge in [0.05, 0.1) is 11.0 Å². The van der Waals surface area contributed by atoms with Crippen molar-refractivity contribution in [3.8, 4) is 0 Å². The van der Waals surface area contributed by atoms with Crippen molar-refractivity contribution >= 4 is 31.6 Å². The largest absolute Gasteiger partial charge is 0.399 e. The third-order valence-corrected chi connectivity index (χ3v) is 7.15. The van der Waals surface area contributed by atoms with Crippen LogP contribution in [0.4, 0.5) is 5.69 Å². The Bertz CT molecular complexity index is 621. The second-order valence-electron chi connectivity index (χ2n) is 5.54. The van der Waals surface area contributed by atoms with Crippen molar-refractivity contribution in [2.75, 3.05) is 5.73 Å². The highest BCUT2D eigenvalue weighted by molar-refractivity contribution is 9.10. The van der Waals surface area contributed by atoms with E-state index in [2.05, 4.69) is 15.9 Å². The molecule has 2 atom stereocenters. The molecule has 0 amide bonds. The van der Waals surface area contributed by atoms with Gasteiger partial charge in [-0.3, -0.25) is 0 Å². The van der Waals surface area contributed by atoms with Gasteiger partial charge in [-0.05, 0) is 59.8 Å². The molecule has 1 aromatic rings. The van der Waals surface area contributed by atoms with E-state index < -0.39 is 10.0 Å². The summed E-state index contributed by atoms with van der Waals surface area (Å²) in [5, 5.41) is 9.79. The van der Waals surface area contributed by atoms with E-state index >= 15 is 0 Å². The average molecular weight is 361 g/mol. The van der Waals surface area contributed by atoms with Crippen LogP contribution in [0.3, 0.4) is 0 Å². The van der Waals surface area contributed by atoms with Crippen molar-refractivity contribution in [3.63, 3.8) is 0 Å². The number of sulfonamides is 1. The molecule has 5 nitrogen and oxygen atoms in total. The van der Waals surface area contributed by atoms with Crippen molar-refractivity contribution < 1.29 is 13.5 Å². The lowest BCUT2D eigenvalue weighted by atomic mass is 10.0. The number of aliphatic hydroxyl groups excluding tert-OH is 1. The van der Waals surface area contributed by atoms with Crippen LogP contribution in [0.1, 0.15) is 25.7 Å². The fourth-order valence-corrected chi connectivity index (χ4v) is 6.18.